The van der Waals surface area contributed by atoms with Gasteiger partial charge in [-0.1, -0.05) is 0 Å². The van der Waals surface area contributed by atoms with Gasteiger partial charge in [-0.15, -0.1) is 0 Å². The van der Waals surface area contributed by atoms with Crippen molar-refractivity contribution in [2.24, 2.45) is 5.84 Å². The molecule has 3 N–H and O–H groups in total. The normalized spacial score (nSPS) is 11.1. The van der Waals surface area contributed by atoms with Crippen LogP contribution in [0, 0.1) is 0 Å². The maximum atomic E-state index is 5.39. The minimum Gasteiger partial charge on any atom is -0.354 e. The van der Waals surface area contributed by atoms with Crippen molar-refractivity contribution in [2.75, 3.05) is 17.4 Å². The van der Waals surface area contributed by atoms with Crippen LogP contribution in [-0.2, 0) is 0 Å². The van der Waals surface area contributed by atoms with Gasteiger partial charge in [0.25, 0.3) is 0 Å². The van der Waals surface area contributed by atoms with E-state index in [2.05, 4.69) is 34.1 Å². The first-order chi connectivity index (χ1) is 7.63. The van der Waals surface area contributed by atoms with Crippen molar-refractivity contribution in [2.45, 2.75) is 19.9 Å². The summed E-state index contributed by atoms with van der Waals surface area (Å²) < 4.78 is 1.90. The van der Waals surface area contributed by atoms with Crippen molar-refractivity contribution < 1.29 is 0 Å². The summed E-state index contributed by atoms with van der Waals surface area (Å²) in [6.07, 6.45) is 5.42. The summed E-state index contributed by atoms with van der Waals surface area (Å²) in [4.78, 5) is 10.8. The summed E-state index contributed by atoms with van der Waals surface area (Å²) >= 11 is 0. The molecule has 0 aliphatic heterocycles. The number of nitrogens with one attached hydrogen (secondary N) is 1. The van der Waals surface area contributed by atoms with Gasteiger partial charge >= 0.3 is 0 Å². The lowest BCUT2D eigenvalue weighted by Gasteiger charge is -2.23. The van der Waals surface area contributed by atoms with Gasteiger partial charge in [0.1, 0.15) is 0 Å². The Balaban J connectivity index is 2.60. The molecule has 0 spiro atoms. The quantitative estimate of drug-likeness (QED) is 0.593. The molecule has 6 heteroatoms. The van der Waals surface area contributed by atoms with E-state index >= 15 is 0 Å². The van der Waals surface area contributed by atoms with Gasteiger partial charge < -0.3 is 14.7 Å². The van der Waals surface area contributed by atoms with Crippen LogP contribution in [0.1, 0.15) is 13.8 Å². The zero-order valence-corrected chi connectivity index (χ0v) is 9.68. The largest absolute Gasteiger partial charge is 0.354 e. The third-order valence-corrected chi connectivity index (χ3v) is 2.61. The zero-order valence-electron chi connectivity index (χ0n) is 9.68. The van der Waals surface area contributed by atoms with Crippen molar-refractivity contribution in [1.29, 1.82) is 0 Å². The van der Waals surface area contributed by atoms with Crippen molar-refractivity contribution in [1.82, 2.24) is 14.4 Å². The van der Waals surface area contributed by atoms with Crippen molar-refractivity contribution in [3.8, 4) is 0 Å². The molecule has 86 valence electrons. The third kappa shape index (κ3) is 1.67. The average molecular weight is 220 g/mol. The Morgan fingerprint density at radius 2 is 2.25 bits per heavy atom. The predicted octanol–water partition coefficient (Wildman–Crippen LogP) is 0.859. The van der Waals surface area contributed by atoms with Crippen LogP contribution < -0.4 is 16.2 Å². The SMILES string of the molecule is CC(C)N(C)c1nc(NN)cn2ccnc12. The Labute approximate surface area is 94.1 Å². The first-order valence-electron chi connectivity index (χ1n) is 5.16. The van der Waals surface area contributed by atoms with Gasteiger partial charge in [-0.3, -0.25) is 0 Å². The Kier molecular flexibility index (Phi) is 2.66. The molecular formula is C10H16N6. The fourth-order valence-electron chi connectivity index (χ4n) is 1.47. The zero-order chi connectivity index (χ0) is 11.7. The smallest absolute Gasteiger partial charge is 0.180 e. The van der Waals surface area contributed by atoms with E-state index in [1.54, 1.807) is 12.4 Å². The molecule has 2 aromatic rings. The van der Waals surface area contributed by atoms with Crippen molar-refractivity contribution in [3.05, 3.63) is 18.6 Å². The highest BCUT2D eigenvalue weighted by Gasteiger charge is 2.13. The number of hydrogen-bond acceptors (Lipinski definition) is 5. The first-order valence-corrected chi connectivity index (χ1v) is 5.16. The highest BCUT2D eigenvalue weighted by atomic mass is 15.3. The molecule has 0 unspecified atom stereocenters. The van der Waals surface area contributed by atoms with E-state index < -0.39 is 0 Å². The maximum absolute atomic E-state index is 5.39. The number of nitrogens with two attached hydrogens (primary N) is 1. The fraction of sp³-hybridized carbons (Fsp3) is 0.400. The van der Waals surface area contributed by atoms with Gasteiger partial charge in [-0.05, 0) is 13.8 Å². The standard InChI is InChI=1S/C10H16N6/c1-7(2)15(3)10-9-12-4-5-16(9)6-8(13-10)14-11/h4-7,14H,11H2,1-3H3. The van der Waals surface area contributed by atoms with Gasteiger partial charge in [0, 0.05) is 25.5 Å². The minimum absolute atomic E-state index is 0.348. The molecule has 2 aromatic heterocycles. The van der Waals surface area contributed by atoms with Gasteiger partial charge in [0.2, 0.25) is 0 Å². The van der Waals surface area contributed by atoms with Crippen LogP contribution in [0.2, 0.25) is 0 Å². The van der Waals surface area contributed by atoms with E-state index in [1.165, 1.54) is 0 Å². The molecule has 0 aliphatic carbocycles. The minimum atomic E-state index is 0.348. The van der Waals surface area contributed by atoms with Gasteiger partial charge in [-0.2, -0.15) is 0 Å². The van der Waals surface area contributed by atoms with Gasteiger partial charge in [0.15, 0.2) is 17.3 Å². The Morgan fingerprint density at radius 1 is 1.50 bits per heavy atom. The Bertz CT molecular complexity index is 489. The predicted molar refractivity (Wildman–Crippen MR) is 64.3 cm³/mol. The molecule has 2 heterocycles. The number of imidazole rings is 1. The highest BCUT2D eigenvalue weighted by molar-refractivity contribution is 5.66. The number of anilines is 2. The Morgan fingerprint density at radius 3 is 2.88 bits per heavy atom. The number of hydrazine groups is 1. The van der Waals surface area contributed by atoms with E-state index in [0.717, 1.165) is 11.5 Å². The van der Waals surface area contributed by atoms with Crippen LogP contribution in [-0.4, -0.2) is 27.5 Å². The molecule has 6 nitrogen and oxygen atoms in total. The first kappa shape index (κ1) is 10.7. The number of fused-ring (bicyclic) bond motifs is 1. The molecular weight excluding hydrogens is 204 g/mol. The lowest BCUT2D eigenvalue weighted by molar-refractivity contribution is 0.743. The second-order valence-corrected chi connectivity index (χ2v) is 3.96. The summed E-state index contributed by atoms with van der Waals surface area (Å²) in [5.41, 5.74) is 3.39. The van der Waals surface area contributed by atoms with E-state index in [-0.39, 0.29) is 0 Å². The van der Waals surface area contributed by atoms with Crippen molar-refractivity contribution >= 4 is 17.3 Å². The molecule has 16 heavy (non-hydrogen) atoms. The summed E-state index contributed by atoms with van der Waals surface area (Å²) in [5.74, 6) is 6.82. The summed E-state index contributed by atoms with van der Waals surface area (Å²) in [6, 6.07) is 0.348. The second-order valence-electron chi connectivity index (χ2n) is 3.96. The lowest BCUT2D eigenvalue weighted by atomic mass is 10.3. The number of hydrogen-bond donors (Lipinski definition) is 2. The Hall–Kier alpha value is -1.82. The molecule has 0 bridgehead atoms. The van der Waals surface area contributed by atoms with E-state index in [9.17, 15) is 0 Å². The molecule has 0 aromatic carbocycles. The number of nitrogens with zero attached hydrogens (tertiary/aromatic N) is 4. The topological polar surface area (TPSA) is 71.5 Å². The highest BCUT2D eigenvalue weighted by Crippen LogP contribution is 2.20. The molecule has 0 atom stereocenters. The van der Waals surface area contributed by atoms with E-state index in [0.29, 0.717) is 11.9 Å². The molecule has 0 radical (unpaired) electrons. The average Bonchev–Trinajstić information content (AvgIpc) is 2.74. The summed E-state index contributed by atoms with van der Waals surface area (Å²) in [6.45, 7) is 4.20. The van der Waals surface area contributed by atoms with E-state index in [1.807, 2.05) is 17.6 Å². The summed E-state index contributed by atoms with van der Waals surface area (Å²) in [5, 5.41) is 0. The lowest BCUT2D eigenvalue weighted by Crippen LogP contribution is -2.27. The summed E-state index contributed by atoms with van der Waals surface area (Å²) in [7, 11) is 1.99. The molecule has 2 rings (SSSR count). The number of rotatable bonds is 3. The maximum Gasteiger partial charge on any atom is 0.180 e. The second kappa shape index (κ2) is 3.97. The molecule has 0 amide bonds. The van der Waals surface area contributed by atoms with Crippen LogP contribution in [0.15, 0.2) is 18.6 Å². The molecule has 0 aliphatic rings. The fourth-order valence-corrected chi connectivity index (χ4v) is 1.47. The number of aromatic nitrogens is 3. The van der Waals surface area contributed by atoms with Gasteiger partial charge in [-0.25, -0.2) is 15.8 Å². The van der Waals surface area contributed by atoms with Crippen LogP contribution in [0.4, 0.5) is 11.6 Å². The van der Waals surface area contributed by atoms with Gasteiger partial charge in [0.05, 0.1) is 6.20 Å². The van der Waals surface area contributed by atoms with Crippen LogP contribution >= 0.6 is 0 Å². The molecule has 0 fully saturated rings. The van der Waals surface area contributed by atoms with Crippen molar-refractivity contribution in [3.63, 3.8) is 0 Å². The van der Waals surface area contributed by atoms with Crippen LogP contribution in [0.5, 0.6) is 0 Å². The monoisotopic (exact) mass is 220 g/mol. The van der Waals surface area contributed by atoms with Crippen LogP contribution in [0.3, 0.4) is 0 Å². The number of nitrogen functional groups attached to an aromatic ring is 1. The van der Waals surface area contributed by atoms with Crippen LogP contribution in [0.25, 0.3) is 5.65 Å². The molecule has 0 saturated heterocycles. The molecule has 0 saturated carbocycles. The third-order valence-electron chi connectivity index (χ3n) is 2.61. The van der Waals surface area contributed by atoms with E-state index in [4.69, 9.17) is 5.84 Å².